The first-order chi connectivity index (χ1) is 14.8. The van der Waals surface area contributed by atoms with E-state index >= 15 is 0 Å². The Balaban J connectivity index is 1.38. The van der Waals surface area contributed by atoms with Gasteiger partial charge in [0.1, 0.15) is 0 Å². The standard InChI is InChI=1S/C23H26N4O3S/c1-17-15-20(18(2)27(17)21-6-7-21)5-10-23(28)25-11-13-26(14-12-25)31(29,30)22-8-3-19(16-24)4-9-22/h3-5,8-10,15,21H,6-7,11-14H2,1-2H3. The highest BCUT2D eigenvalue weighted by Crippen LogP contribution is 2.38. The molecule has 4 rings (SSSR count). The lowest BCUT2D eigenvalue weighted by Gasteiger charge is -2.33. The molecular weight excluding hydrogens is 412 g/mol. The van der Waals surface area contributed by atoms with Crippen LogP contribution < -0.4 is 0 Å². The van der Waals surface area contributed by atoms with Crippen molar-refractivity contribution in [3.05, 3.63) is 58.9 Å². The maximum absolute atomic E-state index is 12.8. The highest BCUT2D eigenvalue weighted by atomic mass is 32.2. The molecule has 0 N–H and O–H groups in total. The van der Waals surface area contributed by atoms with E-state index in [1.54, 1.807) is 11.0 Å². The summed E-state index contributed by atoms with van der Waals surface area (Å²) in [6, 6.07) is 10.6. The zero-order valence-electron chi connectivity index (χ0n) is 17.8. The fourth-order valence-electron chi connectivity index (χ4n) is 4.13. The Hall–Kier alpha value is -2.89. The molecule has 8 heteroatoms. The first-order valence-electron chi connectivity index (χ1n) is 10.5. The Kier molecular flexibility index (Phi) is 5.73. The van der Waals surface area contributed by atoms with Crippen LogP contribution in [-0.4, -0.2) is 54.3 Å². The van der Waals surface area contributed by atoms with Crippen LogP contribution in [0, 0.1) is 25.2 Å². The molecule has 1 aromatic heterocycles. The van der Waals surface area contributed by atoms with Crippen LogP contribution in [0.1, 0.15) is 41.4 Å². The Morgan fingerprint density at radius 3 is 2.32 bits per heavy atom. The number of carbonyl (C=O) groups excluding carboxylic acids is 1. The zero-order chi connectivity index (χ0) is 22.2. The number of sulfonamides is 1. The Bertz CT molecular complexity index is 1160. The summed E-state index contributed by atoms with van der Waals surface area (Å²) < 4.78 is 29.4. The Morgan fingerprint density at radius 1 is 1.10 bits per heavy atom. The largest absolute Gasteiger partial charge is 0.346 e. The summed E-state index contributed by atoms with van der Waals surface area (Å²) in [4.78, 5) is 14.5. The Morgan fingerprint density at radius 2 is 1.74 bits per heavy atom. The van der Waals surface area contributed by atoms with Crippen molar-refractivity contribution in [1.82, 2.24) is 13.8 Å². The van der Waals surface area contributed by atoms with Crippen molar-refractivity contribution in [2.24, 2.45) is 0 Å². The lowest BCUT2D eigenvalue weighted by atomic mass is 10.2. The number of nitriles is 1. The SMILES string of the molecule is Cc1cc(C=CC(=O)N2CCN(S(=O)(=O)c3ccc(C#N)cc3)CC2)c(C)n1C1CC1. The molecule has 2 aromatic rings. The van der Waals surface area contributed by atoms with Gasteiger partial charge in [-0.3, -0.25) is 4.79 Å². The van der Waals surface area contributed by atoms with Crippen molar-refractivity contribution in [3.8, 4) is 6.07 Å². The smallest absolute Gasteiger partial charge is 0.246 e. The highest BCUT2D eigenvalue weighted by molar-refractivity contribution is 7.89. The summed E-state index contributed by atoms with van der Waals surface area (Å²) in [6.07, 6.45) is 5.88. The quantitative estimate of drug-likeness (QED) is 0.672. The number of aryl methyl sites for hydroxylation is 1. The number of benzene rings is 1. The van der Waals surface area contributed by atoms with Crippen molar-refractivity contribution in [2.75, 3.05) is 26.2 Å². The average molecular weight is 439 g/mol. The van der Waals surface area contributed by atoms with E-state index in [0.29, 0.717) is 24.7 Å². The summed E-state index contributed by atoms with van der Waals surface area (Å²) >= 11 is 0. The molecule has 2 heterocycles. The van der Waals surface area contributed by atoms with Gasteiger partial charge in [0.15, 0.2) is 0 Å². The summed E-state index contributed by atoms with van der Waals surface area (Å²) in [6.45, 7) is 5.37. The van der Waals surface area contributed by atoms with Crippen LogP contribution in [0.2, 0.25) is 0 Å². The van der Waals surface area contributed by atoms with Crippen molar-refractivity contribution in [3.63, 3.8) is 0 Å². The minimum absolute atomic E-state index is 0.105. The van der Waals surface area contributed by atoms with Gasteiger partial charge in [-0.2, -0.15) is 9.57 Å². The number of piperazine rings is 1. The number of nitrogens with zero attached hydrogens (tertiary/aromatic N) is 4. The second-order valence-corrected chi connectivity index (χ2v) is 10.1. The van der Waals surface area contributed by atoms with Crippen LogP contribution in [0.25, 0.3) is 6.08 Å². The molecule has 2 aliphatic rings. The maximum Gasteiger partial charge on any atom is 0.246 e. The molecule has 1 saturated carbocycles. The van der Waals surface area contributed by atoms with Crippen LogP contribution in [0.3, 0.4) is 0 Å². The van der Waals surface area contributed by atoms with Gasteiger partial charge in [-0.25, -0.2) is 8.42 Å². The average Bonchev–Trinajstić information content (AvgIpc) is 3.57. The Labute approximate surface area is 183 Å². The van der Waals surface area contributed by atoms with E-state index in [0.717, 1.165) is 5.56 Å². The minimum Gasteiger partial charge on any atom is -0.346 e. The van der Waals surface area contributed by atoms with Crippen LogP contribution >= 0.6 is 0 Å². The van der Waals surface area contributed by atoms with E-state index in [1.165, 1.54) is 52.8 Å². The lowest BCUT2D eigenvalue weighted by molar-refractivity contribution is -0.127. The predicted molar refractivity (Wildman–Crippen MR) is 118 cm³/mol. The molecular formula is C23H26N4O3S. The van der Waals surface area contributed by atoms with Crippen molar-refractivity contribution < 1.29 is 13.2 Å². The first-order valence-corrected chi connectivity index (χ1v) is 11.9. The fraction of sp³-hybridized carbons (Fsp3) is 0.391. The number of hydrogen-bond acceptors (Lipinski definition) is 4. The molecule has 31 heavy (non-hydrogen) atoms. The first kappa shape index (κ1) is 21.3. The van der Waals surface area contributed by atoms with Gasteiger partial charge < -0.3 is 9.47 Å². The topological polar surface area (TPSA) is 86.4 Å². The van der Waals surface area contributed by atoms with E-state index in [1.807, 2.05) is 12.1 Å². The number of aromatic nitrogens is 1. The molecule has 0 atom stereocenters. The van der Waals surface area contributed by atoms with Crippen molar-refractivity contribution in [1.29, 1.82) is 5.26 Å². The van der Waals surface area contributed by atoms with Gasteiger partial charge >= 0.3 is 0 Å². The van der Waals surface area contributed by atoms with Gasteiger partial charge in [0, 0.05) is 49.7 Å². The minimum atomic E-state index is -3.64. The third-order valence-corrected chi connectivity index (χ3v) is 7.93. The molecule has 1 aromatic carbocycles. The highest BCUT2D eigenvalue weighted by Gasteiger charge is 2.30. The summed E-state index contributed by atoms with van der Waals surface area (Å²) in [5.74, 6) is -0.105. The van der Waals surface area contributed by atoms with E-state index < -0.39 is 10.0 Å². The monoisotopic (exact) mass is 438 g/mol. The maximum atomic E-state index is 12.8. The van der Waals surface area contributed by atoms with Crippen LogP contribution in [0.15, 0.2) is 41.3 Å². The molecule has 7 nitrogen and oxygen atoms in total. The summed E-state index contributed by atoms with van der Waals surface area (Å²) in [5.41, 5.74) is 3.87. The van der Waals surface area contributed by atoms with Crippen LogP contribution in [0.4, 0.5) is 0 Å². The second kappa shape index (κ2) is 8.33. The van der Waals surface area contributed by atoms with Crippen molar-refractivity contribution >= 4 is 22.0 Å². The fourth-order valence-corrected chi connectivity index (χ4v) is 5.55. The third-order valence-electron chi connectivity index (χ3n) is 6.01. The van der Waals surface area contributed by atoms with Gasteiger partial charge in [0.2, 0.25) is 15.9 Å². The number of rotatable bonds is 5. The normalized spacial score (nSPS) is 17.8. The molecule has 1 aliphatic carbocycles. The van der Waals surface area contributed by atoms with Crippen molar-refractivity contribution in [2.45, 2.75) is 37.6 Å². The predicted octanol–water partition coefficient (Wildman–Crippen LogP) is 2.86. The molecule has 1 saturated heterocycles. The molecule has 0 unspecified atom stereocenters. The second-order valence-electron chi connectivity index (χ2n) is 8.13. The number of carbonyl (C=O) groups is 1. The molecule has 0 spiro atoms. The van der Waals surface area contributed by atoms with E-state index in [2.05, 4.69) is 24.5 Å². The molecule has 1 aliphatic heterocycles. The molecule has 0 bridgehead atoms. The van der Waals surface area contributed by atoms with Crippen LogP contribution in [0.5, 0.6) is 0 Å². The van der Waals surface area contributed by atoms with E-state index in [-0.39, 0.29) is 23.9 Å². The summed E-state index contributed by atoms with van der Waals surface area (Å²) in [5, 5.41) is 8.88. The van der Waals surface area contributed by atoms with Gasteiger partial charge in [0.05, 0.1) is 16.5 Å². The van der Waals surface area contributed by atoms with Crippen LogP contribution in [-0.2, 0) is 14.8 Å². The molecule has 0 radical (unpaired) electrons. The van der Waals surface area contributed by atoms with E-state index in [4.69, 9.17) is 5.26 Å². The lowest BCUT2D eigenvalue weighted by Crippen LogP contribution is -2.50. The van der Waals surface area contributed by atoms with Gasteiger partial charge in [-0.1, -0.05) is 0 Å². The third kappa shape index (κ3) is 4.29. The summed E-state index contributed by atoms with van der Waals surface area (Å²) in [7, 11) is -3.64. The molecule has 2 fully saturated rings. The molecule has 1 amide bonds. The van der Waals surface area contributed by atoms with Gasteiger partial charge in [-0.15, -0.1) is 0 Å². The van der Waals surface area contributed by atoms with Gasteiger partial charge in [0.25, 0.3) is 0 Å². The van der Waals surface area contributed by atoms with Gasteiger partial charge in [-0.05, 0) is 68.7 Å². The number of hydrogen-bond donors (Lipinski definition) is 0. The number of amides is 1. The zero-order valence-corrected chi connectivity index (χ0v) is 18.6. The molecule has 162 valence electrons. The van der Waals surface area contributed by atoms with E-state index in [9.17, 15) is 13.2 Å².